The lowest BCUT2D eigenvalue weighted by molar-refractivity contribution is -0.167. The molecular formula is C74H126O6. The molecule has 0 fully saturated rings. The third-order valence-corrected chi connectivity index (χ3v) is 14.5. The molecule has 1 unspecified atom stereocenters. The lowest BCUT2D eigenvalue weighted by Gasteiger charge is -2.18. The third-order valence-electron chi connectivity index (χ3n) is 14.5. The smallest absolute Gasteiger partial charge is 0.306 e. The van der Waals surface area contributed by atoms with Gasteiger partial charge in [0, 0.05) is 19.3 Å². The molecule has 0 aliphatic rings. The van der Waals surface area contributed by atoms with Gasteiger partial charge in [-0.2, -0.15) is 0 Å². The van der Waals surface area contributed by atoms with Crippen molar-refractivity contribution < 1.29 is 28.6 Å². The Morgan fingerprint density at radius 3 is 0.812 bits per heavy atom. The van der Waals surface area contributed by atoms with Gasteiger partial charge in [-0.1, -0.05) is 291 Å². The van der Waals surface area contributed by atoms with Crippen LogP contribution in [0.4, 0.5) is 0 Å². The Hall–Kier alpha value is -3.93. The summed E-state index contributed by atoms with van der Waals surface area (Å²) in [7, 11) is 0. The molecular weight excluding hydrogens is 985 g/mol. The Morgan fingerprint density at radius 1 is 0.263 bits per heavy atom. The van der Waals surface area contributed by atoms with E-state index in [4.69, 9.17) is 14.2 Å². The molecule has 0 N–H and O–H groups in total. The number of carbonyl (C=O) groups is 3. The van der Waals surface area contributed by atoms with Crippen LogP contribution >= 0.6 is 0 Å². The van der Waals surface area contributed by atoms with Crippen LogP contribution in [0, 0.1) is 0 Å². The van der Waals surface area contributed by atoms with Crippen LogP contribution in [-0.2, 0) is 28.6 Å². The van der Waals surface area contributed by atoms with Crippen molar-refractivity contribution in [1.82, 2.24) is 0 Å². The number of rotatable bonds is 61. The van der Waals surface area contributed by atoms with E-state index in [1.54, 1.807) is 0 Å². The van der Waals surface area contributed by atoms with Gasteiger partial charge in [0.25, 0.3) is 0 Å². The molecule has 6 heteroatoms. The Balaban J connectivity index is 4.34. The predicted octanol–water partition coefficient (Wildman–Crippen LogP) is 23.4. The topological polar surface area (TPSA) is 78.9 Å². The second kappa shape index (κ2) is 67.6. The van der Waals surface area contributed by atoms with Crippen LogP contribution in [0.5, 0.6) is 0 Å². The molecule has 0 heterocycles. The lowest BCUT2D eigenvalue weighted by atomic mass is 10.0. The zero-order valence-corrected chi connectivity index (χ0v) is 52.6. The Morgan fingerprint density at radius 2 is 0.500 bits per heavy atom. The summed E-state index contributed by atoms with van der Waals surface area (Å²) in [6.45, 7) is 6.48. The second-order valence-electron chi connectivity index (χ2n) is 22.3. The number of unbranched alkanes of at least 4 members (excludes halogenated alkanes) is 32. The summed E-state index contributed by atoms with van der Waals surface area (Å²) in [4.78, 5) is 38.3. The Labute approximate surface area is 495 Å². The molecule has 1 atom stereocenters. The molecule has 0 rings (SSSR count). The maximum atomic E-state index is 12.9. The largest absolute Gasteiger partial charge is 0.462 e. The van der Waals surface area contributed by atoms with Crippen molar-refractivity contribution in [3.8, 4) is 0 Å². The van der Waals surface area contributed by atoms with E-state index in [1.807, 2.05) is 0 Å². The zero-order valence-electron chi connectivity index (χ0n) is 52.6. The molecule has 6 nitrogen and oxygen atoms in total. The van der Waals surface area contributed by atoms with Gasteiger partial charge in [0.15, 0.2) is 6.10 Å². The van der Waals surface area contributed by atoms with Gasteiger partial charge in [0.1, 0.15) is 13.2 Å². The first-order chi connectivity index (χ1) is 39.5. The minimum Gasteiger partial charge on any atom is -0.462 e. The van der Waals surface area contributed by atoms with Crippen LogP contribution in [-0.4, -0.2) is 37.2 Å². The Kier molecular flexibility index (Phi) is 64.3. The van der Waals surface area contributed by atoms with Gasteiger partial charge >= 0.3 is 17.9 Å². The fraction of sp³-hybridized carbons (Fsp3) is 0.716. The van der Waals surface area contributed by atoms with E-state index < -0.39 is 6.10 Å². The van der Waals surface area contributed by atoms with Gasteiger partial charge in [-0.25, -0.2) is 0 Å². The number of ether oxygens (including phenoxy) is 3. The number of hydrogen-bond donors (Lipinski definition) is 0. The number of carbonyl (C=O) groups excluding carboxylic acids is 3. The number of esters is 3. The zero-order chi connectivity index (χ0) is 57.8. The van der Waals surface area contributed by atoms with Crippen LogP contribution in [0.3, 0.4) is 0 Å². The fourth-order valence-corrected chi connectivity index (χ4v) is 9.42. The maximum Gasteiger partial charge on any atom is 0.306 e. The van der Waals surface area contributed by atoms with Crippen molar-refractivity contribution in [3.05, 3.63) is 109 Å². The van der Waals surface area contributed by atoms with Crippen LogP contribution in [0.2, 0.25) is 0 Å². The first-order valence-corrected chi connectivity index (χ1v) is 33.9. The van der Waals surface area contributed by atoms with E-state index in [9.17, 15) is 14.4 Å². The normalized spacial score (nSPS) is 12.8. The highest BCUT2D eigenvalue weighted by Gasteiger charge is 2.19. The minimum atomic E-state index is -0.814. The molecule has 0 spiro atoms. The van der Waals surface area contributed by atoms with Gasteiger partial charge in [-0.15, -0.1) is 0 Å². The van der Waals surface area contributed by atoms with Gasteiger partial charge in [0.2, 0.25) is 0 Å². The van der Waals surface area contributed by atoms with E-state index in [-0.39, 0.29) is 37.5 Å². The van der Waals surface area contributed by atoms with Crippen molar-refractivity contribution in [2.24, 2.45) is 0 Å². The van der Waals surface area contributed by atoms with Crippen molar-refractivity contribution in [2.45, 2.75) is 329 Å². The molecule has 80 heavy (non-hydrogen) atoms. The molecule has 0 aliphatic heterocycles. The molecule has 0 radical (unpaired) electrons. The third kappa shape index (κ3) is 64.9. The van der Waals surface area contributed by atoms with Gasteiger partial charge in [0.05, 0.1) is 0 Å². The van der Waals surface area contributed by atoms with Crippen LogP contribution in [0.15, 0.2) is 109 Å². The fourth-order valence-electron chi connectivity index (χ4n) is 9.42. The molecule has 0 amide bonds. The highest BCUT2D eigenvalue weighted by atomic mass is 16.6. The minimum absolute atomic E-state index is 0.103. The first-order valence-electron chi connectivity index (χ1n) is 33.9. The summed E-state index contributed by atoms with van der Waals surface area (Å²) < 4.78 is 16.9. The van der Waals surface area contributed by atoms with E-state index in [0.29, 0.717) is 19.3 Å². The van der Waals surface area contributed by atoms with Crippen molar-refractivity contribution in [2.75, 3.05) is 13.2 Å². The van der Waals surface area contributed by atoms with Gasteiger partial charge < -0.3 is 14.2 Å². The number of hydrogen-bond acceptors (Lipinski definition) is 6. The molecule has 0 aliphatic carbocycles. The van der Waals surface area contributed by atoms with E-state index in [2.05, 4.69) is 130 Å². The van der Waals surface area contributed by atoms with Gasteiger partial charge in [-0.3, -0.25) is 14.4 Å². The van der Waals surface area contributed by atoms with Crippen molar-refractivity contribution in [1.29, 1.82) is 0 Å². The summed E-state index contributed by atoms with van der Waals surface area (Å²) in [5.74, 6) is -0.962. The van der Waals surface area contributed by atoms with Crippen LogP contribution in [0.1, 0.15) is 323 Å². The molecule has 458 valence electrons. The van der Waals surface area contributed by atoms with E-state index >= 15 is 0 Å². The highest BCUT2D eigenvalue weighted by molar-refractivity contribution is 5.71. The van der Waals surface area contributed by atoms with Crippen LogP contribution in [0.25, 0.3) is 0 Å². The molecule has 0 aromatic carbocycles. The average Bonchev–Trinajstić information content (AvgIpc) is 3.46. The molecule has 0 aromatic rings. The second-order valence-corrected chi connectivity index (χ2v) is 22.3. The standard InChI is InChI=1S/C74H126O6/c1-4-7-10-13-16-19-22-25-28-31-32-33-34-35-36-37-38-39-40-41-42-44-46-49-52-55-58-61-64-67-73(76)79-70-71(69-78-72(75)66-63-60-57-54-51-48-45-30-27-24-21-18-15-12-9-6-3)80-74(77)68-65-62-59-56-53-50-47-43-29-26-23-20-17-14-11-8-5-2/h8,11,17,20,22,25-26,29-32,34-35,45,47,50,56,59,71H,4-7,9-10,12-16,18-19,21,23-24,27-28,33,36-44,46,48-49,51-55,57-58,60-70H2,1-3H3/b11-8-,20-17-,25-22-,29-26-,32-31-,35-34-,45-30-,50-47-,59-56-. The summed E-state index contributed by atoms with van der Waals surface area (Å²) in [6.07, 6.45) is 92.6. The molecule has 0 saturated heterocycles. The van der Waals surface area contributed by atoms with Crippen molar-refractivity contribution >= 4 is 17.9 Å². The van der Waals surface area contributed by atoms with E-state index in [0.717, 1.165) is 103 Å². The summed E-state index contributed by atoms with van der Waals surface area (Å²) in [6, 6.07) is 0. The predicted molar refractivity (Wildman–Crippen MR) is 348 cm³/mol. The molecule has 0 aromatic heterocycles. The SMILES string of the molecule is CC/C=C\C/C=C\C/C=C\C/C=C\C/C=C\CCCC(=O)OC(COC(=O)CCCCCCC/C=C\CCCCCCCCC)COC(=O)CCCCCCCCCCCCCCCC/C=C\C/C=C\C/C=C\CCCCCCC. The average molecular weight is 1110 g/mol. The highest BCUT2D eigenvalue weighted by Crippen LogP contribution is 2.16. The lowest BCUT2D eigenvalue weighted by Crippen LogP contribution is -2.30. The van der Waals surface area contributed by atoms with Gasteiger partial charge in [-0.05, 0) is 122 Å². The number of allylic oxidation sites excluding steroid dienone is 18. The van der Waals surface area contributed by atoms with E-state index in [1.165, 1.54) is 173 Å². The monoisotopic (exact) mass is 1110 g/mol. The Bertz CT molecular complexity index is 1610. The molecule has 0 saturated carbocycles. The van der Waals surface area contributed by atoms with Crippen LogP contribution < -0.4 is 0 Å². The first kappa shape index (κ1) is 76.1. The summed E-state index contributed by atoms with van der Waals surface area (Å²) >= 11 is 0. The maximum absolute atomic E-state index is 12.9. The quantitative estimate of drug-likeness (QED) is 0.0261. The summed E-state index contributed by atoms with van der Waals surface area (Å²) in [5.41, 5.74) is 0. The summed E-state index contributed by atoms with van der Waals surface area (Å²) in [5, 5.41) is 0. The molecule has 0 bridgehead atoms. The van der Waals surface area contributed by atoms with Crippen molar-refractivity contribution in [3.63, 3.8) is 0 Å².